The summed E-state index contributed by atoms with van der Waals surface area (Å²) in [4.78, 5) is 6.23. The highest BCUT2D eigenvalue weighted by atomic mass is 15.3. The first kappa shape index (κ1) is 9.58. The Morgan fingerprint density at radius 2 is 1.80 bits per heavy atom. The fraction of sp³-hybridized carbons (Fsp3) is 0.182. The molecule has 1 aromatic heterocycles. The van der Waals surface area contributed by atoms with Crippen LogP contribution in [0.1, 0.15) is 0 Å². The summed E-state index contributed by atoms with van der Waals surface area (Å²) in [6, 6.07) is 9.94. The zero-order chi connectivity index (χ0) is 10.7. The van der Waals surface area contributed by atoms with Crippen molar-refractivity contribution in [1.82, 2.24) is 15.2 Å². The quantitative estimate of drug-likeness (QED) is 0.738. The lowest BCUT2D eigenvalue weighted by Crippen LogP contribution is -2.13. The van der Waals surface area contributed by atoms with Gasteiger partial charge < -0.3 is 4.90 Å². The number of nitrogens with zero attached hydrogens (tertiary/aromatic N) is 4. The Bertz CT molecular complexity index is 439. The third-order valence-corrected chi connectivity index (χ3v) is 2.02. The zero-order valence-electron chi connectivity index (χ0n) is 8.75. The summed E-state index contributed by atoms with van der Waals surface area (Å²) in [5.74, 6) is 0.622. The van der Waals surface area contributed by atoms with Crippen LogP contribution in [0.5, 0.6) is 0 Å². The fourth-order valence-electron chi connectivity index (χ4n) is 1.23. The molecule has 0 spiro atoms. The molecule has 1 heterocycles. The molecule has 76 valence electrons. The maximum absolute atomic E-state index is 4.39. The summed E-state index contributed by atoms with van der Waals surface area (Å²) in [7, 11) is 3.79. The van der Waals surface area contributed by atoms with Crippen molar-refractivity contribution >= 4 is 5.95 Å². The minimum atomic E-state index is 0.622. The second-order valence-electron chi connectivity index (χ2n) is 3.40. The Labute approximate surface area is 88.6 Å². The average molecular weight is 200 g/mol. The molecule has 4 nitrogen and oxygen atoms in total. The Balaban J connectivity index is 2.42. The molecule has 0 bridgehead atoms. The molecule has 0 atom stereocenters. The molecule has 0 fully saturated rings. The molecule has 0 radical (unpaired) electrons. The van der Waals surface area contributed by atoms with E-state index < -0.39 is 0 Å². The minimum Gasteiger partial charge on any atom is -0.346 e. The van der Waals surface area contributed by atoms with E-state index in [0.717, 1.165) is 11.3 Å². The topological polar surface area (TPSA) is 41.9 Å². The summed E-state index contributed by atoms with van der Waals surface area (Å²) in [5, 5.41) is 7.86. The summed E-state index contributed by atoms with van der Waals surface area (Å²) < 4.78 is 0. The van der Waals surface area contributed by atoms with Crippen molar-refractivity contribution in [2.75, 3.05) is 19.0 Å². The molecule has 0 unspecified atom stereocenters. The molecule has 0 N–H and O–H groups in total. The number of hydrogen-bond donors (Lipinski definition) is 0. The first-order chi connectivity index (χ1) is 7.27. The molecule has 0 saturated carbocycles. The van der Waals surface area contributed by atoms with Gasteiger partial charge in [0.15, 0.2) is 0 Å². The van der Waals surface area contributed by atoms with Crippen LogP contribution in [-0.2, 0) is 0 Å². The number of aromatic nitrogens is 3. The van der Waals surface area contributed by atoms with E-state index in [-0.39, 0.29) is 0 Å². The minimum absolute atomic E-state index is 0.622. The first-order valence-electron chi connectivity index (χ1n) is 4.70. The van der Waals surface area contributed by atoms with Crippen molar-refractivity contribution in [2.24, 2.45) is 0 Å². The van der Waals surface area contributed by atoms with Crippen LogP contribution in [0.15, 0.2) is 36.5 Å². The Morgan fingerprint density at radius 1 is 1.07 bits per heavy atom. The van der Waals surface area contributed by atoms with Crippen molar-refractivity contribution < 1.29 is 0 Å². The number of hydrogen-bond acceptors (Lipinski definition) is 4. The smallest absolute Gasteiger partial charge is 0.245 e. The molecule has 1 aromatic carbocycles. The van der Waals surface area contributed by atoms with Crippen LogP contribution in [0.25, 0.3) is 11.3 Å². The lowest BCUT2D eigenvalue weighted by Gasteiger charge is -2.09. The van der Waals surface area contributed by atoms with Gasteiger partial charge in [0, 0.05) is 19.7 Å². The van der Waals surface area contributed by atoms with Gasteiger partial charge in [0.25, 0.3) is 0 Å². The third kappa shape index (κ3) is 2.10. The standard InChI is InChI=1S/C11H12N4/c1-15(2)11-13-10(8-12-14-11)9-6-4-3-5-7-9/h3-8H,1-2H3. The molecule has 15 heavy (non-hydrogen) atoms. The highest BCUT2D eigenvalue weighted by molar-refractivity contribution is 5.58. The van der Waals surface area contributed by atoms with E-state index in [0.29, 0.717) is 5.95 Å². The lowest BCUT2D eigenvalue weighted by molar-refractivity contribution is 0.910. The van der Waals surface area contributed by atoms with E-state index in [2.05, 4.69) is 15.2 Å². The molecule has 0 aliphatic carbocycles. The monoisotopic (exact) mass is 200 g/mol. The molecule has 0 aliphatic heterocycles. The first-order valence-corrected chi connectivity index (χ1v) is 4.70. The number of anilines is 1. The Morgan fingerprint density at radius 3 is 2.47 bits per heavy atom. The Hall–Kier alpha value is -1.97. The van der Waals surface area contributed by atoms with Crippen molar-refractivity contribution in [2.45, 2.75) is 0 Å². The Kier molecular flexibility index (Phi) is 2.58. The van der Waals surface area contributed by atoms with E-state index in [1.54, 1.807) is 6.20 Å². The largest absolute Gasteiger partial charge is 0.346 e. The maximum Gasteiger partial charge on any atom is 0.245 e. The van der Waals surface area contributed by atoms with Crippen LogP contribution in [0.2, 0.25) is 0 Å². The highest BCUT2D eigenvalue weighted by Gasteiger charge is 2.03. The van der Waals surface area contributed by atoms with Gasteiger partial charge in [0.05, 0.1) is 11.9 Å². The van der Waals surface area contributed by atoms with Gasteiger partial charge in [-0.05, 0) is 0 Å². The van der Waals surface area contributed by atoms with Crippen molar-refractivity contribution in [1.29, 1.82) is 0 Å². The highest BCUT2D eigenvalue weighted by Crippen LogP contribution is 2.16. The van der Waals surface area contributed by atoms with Gasteiger partial charge >= 0.3 is 0 Å². The van der Waals surface area contributed by atoms with Crippen LogP contribution in [0.4, 0.5) is 5.95 Å². The molecule has 0 amide bonds. The summed E-state index contributed by atoms with van der Waals surface area (Å²) in [6.07, 6.45) is 1.67. The summed E-state index contributed by atoms with van der Waals surface area (Å²) >= 11 is 0. The van der Waals surface area contributed by atoms with E-state index in [1.807, 2.05) is 49.3 Å². The normalized spacial score (nSPS) is 10.0. The average Bonchev–Trinajstić information content (AvgIpc) is 2.30. The van der Waals surface area contributed by atoms with Gasteiger partial charge in [-0.1, -0.05) is 30.3 Å². The molecular formula is C11H12N4. The van der Waals surface area contributed by atoms with Crippen molar-refractivity contribution in [3.8, 4) is 11.3 Å². The molecule has 2 rings (SSSR count). The molecule has 2 aromatic rings. The van der Waals surface area contributed by atoms with Gasteiger partial charge in [0.1, 0.15) is 0 Å². The molecule has 4 heteroatoms. The molecule has 0 saturated heterocycles. The number of benzene rings is 1. The third-order valence-electron chi connectivity index (χ3n) is 2.02. The van der Waals surface area contributed by atoms with Gasteiger partial charge in [0.2, 0.25) is 5.95 Å². The molecule has 0 aliphatic rings. The van der Waals surface area contributed by atoms with Gasteiger partial charge in [-0.25, -0.2) is 4.98 Å². The van der Waals surface area contributed by atoms with Crippen molar-refractivity contribution in [3.05, 3.63) is 36.5 Å². The van der Waals surface area contributed by atoms with E-state index in [4.69, 9.17) is 0 Å². The predicted molar refractivity (Wildman–Crippen MR) is 59.6 cm³/mol. The molecular weight excluding hydrogens is 188 g/mol. The SMILES string of the molecule is CN(C)c1nncc(-c2ccccc2)n1. The van der Waals surface area contributed by atoms with Crippen LogP contribution >= 0.6 is 0 Å². The second kappa shape index (κ2) is 4.04. The van der Waals surface area contributed by atoms with Crippen LogP contribution in [-0.4, -0.2) is 29.3 Å². The van der Waals surface area contributed by atoms with Crippen LogP contribution in [0.3, 0.4) is 0 Å². The van der Waals surface area contributed by atoms with Gasteiger partial charge in [-0.2, -0.15) is 5.10 Å². The van der Waals surface area contributed by atoms with E-state index in [1.165, 1.54) is 0 Å². The maximum atomic E-state index is 4.39. The summed E-state index contributed by atoms with van der Waals surface area (Å²) in [6.45, 7) is 0. The second-order valence-corrected chi connectivity index (χ2v) is 3.40. The van der Waals surface area contributed by atoms with Gasteiger partial charge in [-0.3, -0.25) is 0 Å². The predicted octanol–water partition coefficient (Wildman–Crippen LogP) is 1.60. The van der Waals surface area contributed by atoms with E-state index >= 15 is 0 Å². The van der Waals surface area contributed by atoms with Crippen LogP contribution < -0.4 is 4.90 Å². The zero-order valence-corrected chi connectivity index (χ0v) is 8.75. The van der Waals surface area contributed by atoms with Gasteiger partial charge in [-0.15, -0.1) is 5.10 Å². The summed E-state index contributed by atoms with van der Waals surface area (Å²) in [5.41, 5.74) is 1.89. The van der Waals surface area contributed by atoms with Crippen LogP contribution in [0, 0.1) is 0 Å². The lowest BCUT2D eigenvalue weighted by atomic mass is 10.2. The fourth-order valence-corrected chi connectivity index (χ4v) is 1.23. The van der Waals surface area contributed by atoms with E-state index in [9.17, 15) is 0 Å². The number of rotatable bonds is 2. The van der Waals surface area contributed by atoms with Crippen molar-refractivity contribution in [3.63, 3.8) is 0 Å².